The highest BCUT2D eigenvalue weighted by atomic mass is 32.2. The minimum absolute atomic E-state index is 0.00619. The van der Waals surface area contributed by atoms with Crippen LogP contribution in [0.5, 0.6) is 5.75 Å². The first-order valence-corrected chi connectivity index (χ1v) is 11.1. The van der Waals surface area contributed by atoms with Gasteiger partial charge in [0, 0.05) is 25.1 Å². The molecular weight excluding hydrogens is 453 g/mol. The van der Waals surface area contributed by atoms with Crippen molar-refractivity contribution in [3.63, 3.8) is 0 Å². The Morgan fingerprint density at radius 2 is 1.85 bits per heavy atom. The SMILES string of the molecule is COc1cc(-c2cc(NSC)c3c(C(F)(F)F)nn(Cc4ccccc4)c3c2)cn(C)c1=O. The summed E-state index contributed by atoms with van der Waals surface area (Å²) < 4.78 is 52.7. The number of nitrogens with zero attached hydrogens (tertiary/aromatic N) is 3. The topological polar surface area (TPSA) is 61.1 Å². The number of anilines is 1. The third-order valence-electron chi connectivity index (χ3n) is 5.21. The summed E-state index contributed by atoms with van der Waals surface area (Å²) in [5, 5.41) is 3.96. The van der Waals surface area contributed by atoms with E-state index in [1.54, 1.807) is 37.7 Å². The van der Waals surface area contributed by atoms with E-state index in [4.69, 9.17) is 4.74 Å². The second kappa shape index (κ2) is 8.86. The molecule has 0 radical (unpaired) electrons. The molecule has 0 atom stereocenters. The summed E-state index contributed by atoms with van der Waals surface area (Å²) >= 11 is 1.19. The number of hydrogen-bond acceptors (Lipinski definition) is 5. The number of aryl methyl sites for hydroxylation is 1. The fraction of sp³-hybridized carbons (Fsp3) is 0.217. The van der Waals surface area contributed by atoms with Gasteiger partial charge in [-0.15, -0.1) is 0 Å². The molecule has 4 rings (SSSR count). The van der Waals surface area contributed by atoms with Crippen molar-refractivity contribution in [2.75, 3.05) is 18.1 Å². The predicted molar refractivity (Wildman–Crippen MR) is 125 cm³/mol. The van der Waals surface area contributed by atoms with Gasteiger partial charge in [-0.1, -0.05) is 42.3 Å². The minimum atomic E-state index is -4.63. The average molecular weight is 475 g/mol. The number of fused-ring (bicyclic) bond motifs is 1. The molecule has 0 amide bonds. The molecule has 0 aliphatic rings. The molecule has 0 aliphatic carbocycles. The number of methoxy groups -OCH3 is 1. The number of benzene rings is 2. The van der Waals surface area contributed by atoms with Gasteiger partial charge in [0.05, 0.1) is 30.2 Å². The van der Waals surface area contributed by atoms with Crippen molar-refractivity contribution in [1.29, 1.82) is 0 Å². The normalized spacial score (nSPS) is 11.7. The summed E-state index contributed by atoms with van der Waals surface area (Å²) in [7, 11) is 2.99. The van der Waals surface area contributed by atoms with Crippen molar-refractivity contribution in [3.05, 3.63) is 76.3 Å². The van der Waals surface area contributed by atoms with E-state index in [2.05, 4.69) is 9.82 Å². The Morgan fingerprint density at radius 3 is 2.48 bits per heavy atom. The highest BCUT2D eigenvalue weighted by molar-refractivity contribution is 7.99. The van der Waals surface area contributed by atoms with Crippen LogP contribution in [-0.4, -0.2) is 27.7 Å². The zero-order chi connectivity index (χ0) is 23.8. The van der Waals surface area contributed by atoms with Crippen LogP contribution in [0.3, 0.4) is 0 Å². The van der Waals surface area contributed by atoms with E-state index in [1.165, 1.54) is 28.3 Å². The van der Waals surface area contributed by atoms with Gasteiger partial charge in [-0.05, 0) is 29.3 Å². The van der Waals surface area contributed by atoms with Crippen molar-refractivity contribution in [2.45, 2.75) is 12.7 Å². The average Bonchev–Trinajstić information content (AvgIpc) is 3.15. The molecule has 2 aromatic carbocycles. The number of hydrogen-bond donors (Lipinski definition) is 1. The van der Waals surface area contributed by atoms with Crippen molar-refractivity contribution in [3.8, 4) is 16.9 Å². The molecule has 0 unspecified atom stereocenters. The molecule has 0 saturated carbocycles. The maximum absolute atomic E-state index is 13.9. The van der Waals surface area contributed by atoms with Crippen molar-refractivity contribution < 1.29 is 17.9 Å². The second-order valence-electron chi connectivity index (χ2n) is 7.43. The van der Waals surface area contributed by atoms with Crippen molar-refractivity contribution >= 4 is 28.5 Å². The molecule has 0 saturated heterocycles. The molecule has 0 spiro atoms. The molecule has 2 aromatic heterocycles. The molecule has 0 fully saturated rings. The lowest BCUT2D eigenvalue weighted by atomic mass is 10.0. The van der Waals surface area contributed by atoms with Gasteiger partial charge in [-0.2, -0.15) is 18.3 Å². The predicted octanol–water partition coefficient (Wildman–Crippen LogP) is 5.17. The molecule has 2 heterocycles. The zero-order valence-corrected chi connectivity index (χ0v) is 18.9. The maximum atomic E-state index is 13.9. The highest BCUT2D eigenvalue weighted by Gasteiger charge is 2.38. The van der Waals surface area contributed by atoms with Crippen molar-refractivity contribution in [1.82, 2.24) is 14.3 Å². The van der Waals surface area contributed by atoms with Crippen LogP contribution >= 0.6 is 11.9 Å². The van der Waals surface area contributed by atoms with Crippen LogP contribution in [0.25, 0.3) is 22.0 Å². The zero-order valence-electron chi connectivity index (χ0n) is 18.1. The smallest absolute Gasteiger partial charge is 0.435 e. The Balaban J connectivity index is 2.00. The largest absolute Gasteiger partial charge is 0.491 e. The summed E-state index contributed by atoms with van der Waals surface area (Å²) in [5.41, 5.74) is 1.43. The van der Waals surface area contributed by atoms with Crippen LogP contribution in [0, 0.1) is 0 Å². The van der Waals surface area contributed by atoms with E-state index in [1.807, 2.05) is 30.3 Å². The standard InChI is InChI=1S/C23H21F3N4O2S/c1-29-13-16(11-19(32-2)22(29)31)15-9-17(28-33-3)20-18(10-15)30(27-21(20)23(24,25)26)12-14-7-5-4-6-8-14/h4-11,13,28H,12H2,1-3H3. The first-order valence-electron chi connectivity index (χ1n) is 9.92. The lowest BCUT2D eigenvalue weighted by Gasteiger charge is -2.13. The molecule has 1 N–H and O–H groups in total. The van der Waals surface area contributed by atoms with E-state index in [0.717, 1.165) is 5.56 Å². The van der Waals surface area contributed by atoms with Crippen LogP contribution in [0.2, 0.25) is 0 Å². The Labute approximate surface area is 192 Å². The van der Waals surface area contributed by atoms with E-state index < -0.39 is 11.9 Å². The summed E-state index contributed by atoms with van der Waals surface area (Å²) in [4.78, 5) is 12.2. The number of alkyl halides is 3. The van der Waals surface area contributed by atoms with E-state index in [0.29, 0.717) is 16.6 Å². The Morgan fingerprint density at radius 1 is 1.12 bits per heavy atom. The second-order valence-corrected chi connectivity index (χ2v) is 8.04. The van der Waals surface area contributed by atoms with Gasteiger partial charge in [0.1, 0.15) is 0 Å². The molecular formula is C23H21F3N4O2S. The molecule has 10 heteroatoms. The number of halogens is 3. The van der Waals surface area contributed by atoms with Crippen LogP contribution in [0.4, 0.5) is 18.9 Å². The summed E-state index contributed by atoms with van der Waals surface area (Å²) in [5.74, 6) is 0.142. The minimum Gasteiger partial charge on any atom is -0.491 e. The van der Waals surface area contributed by atoms with E-state index in [-0.39, 0.29) is 28.9 Å². The molecule has 172 valence electrons. The first-order chi connectivity index (χ1) is 15.7. The summed E-state index contributed by atoms with van der Waals surface area (Å²) in [6, 6.07) is 14.0. The first kappa shape index (κ1) is 22.8. The van der Waals surface area contributed by atoms with Gasteiger partial charge in [-0.25, -0.2) is 0 Å². The van der Waals surface area contributed by atoms with Gasteiger partial charge in [-0.3, -0.25) is 9.48 Å². The number of aromatic nitrogens is 3. The van der Waals surface area contributed by atoms with Crippen LogP contribution in [0.15, 0.2) is 59.5 Å². The quantitative estimate of drug-likeness (QED) is 0.391. The summed E-state index contributed by atoms with van der Waals surface area (Å²) in [6.45, 7) is 0.173. The lowest BCUT2D eigenvalue weighted by Crippen LogP contribution is -2.17. The monoisotopic (exact) mass is 474 g/mol. The van der Waals surface area contributed by atoms with Crippen LogP contribution in [0.1, 0.15) is 11.3 Å². The maximum Gasteiger partial charge on any atom is 0.435 e. The fourth-order valence-electron chi connectivity index (χ4n) is 3.72. The van der Waals surface area contributed by atoms with Gasteiger partial charge in [0.2, 0.25) is 0 Å². The summed E-state index contributed by atoms with van der Waals surface area (Å²) in [6.07, 6.45) is -1.27. The third-order valence-corrected chi connectivity index (χ3v) is 5.64. The van der Waals surface area contributed by atoms with Gasteiger partial charge in [0.25, 0.3) is 5.56 Å². The Kier molecular flexibility index (Phi) is 6.11. The number of ether oxygens (including phenoxy) is 1. The van der Waals surface area contributed by atoms with Gasteiger partial charge < -0.3 is 14.0 Å². The fourth-order valence-corrected chi connectivity index (χ4v) is 4.10. The molecule has 6 nitrogen and oxygen atoms in total. The molecule has 33 heavy (non-hydrogen) atoms. The Bertz CT molecular complexity index is 1360. The van der Waals surface area contributed by atoms with Crippen LogP contribution < -0.4 is 15.0 Å². The number of rotatable bonds is 6. The Hall–Kier alpha value is -3.40. The lowest BCUT2D eigenvalue weighted by molar-refractivity contribution is -0.140. The molecule has 4 aromatic rings. The van der Waals surface area contributed by atoms with Gasteiger partial charge >= 0.3 is 6.18 Å². The highest BCUT2D eigenvalue weighted by Crippen LogP contribution is 2.41. The number of pyridine rings is 1. The molecule has 0 bridgehead atoms. The van der Waals surface area contributed by atoms with Gasteiger partial charge in [0.15, 0.2) is 11.4 Å². The number of nitrogens with one attached hydrogen (secondary N) is 1. The van der Waals surface area contributed by atoms with Crippen LogP contribution in [-0.2, 0) is 19.8 Å². The van der Waals surface area contributed by atoms with E-state index >= 15 is 0 Å². The third kappa shape index (κ3) is 4.43. The van der Waals surface area contributed by atoms with Crippen molar-refractivity contribution in [2.24, 2.45) is 7.05 Å². The molecule has 0 aliphatic heterocycles. The van der Waals surface area contributed by atoms with E-state index in [9.17, 15) is 18.0 Å².